The second kappa shape index (κ2) is 9.16. The van der Waals surface area contributed by atoms with Gasteiger partial charge in [0.15, 0.2) is 0 Å². The third-order valence-electron chi connectivity index (χ3n) is 5.85. The number of anilines is 1. The molecule has 2 aromatic heterocycles. The molecular weight excluding hydrogens is 386 g/mol. The summed E-state index contributed by atoms with van der Waals surface area (Å²) in [4.78, 5) is 21.3. The lowest BCUT2D eigenvalue weighted by atomic mass is 10.1. The minimum Gasteiger partial charge on any atom is -0.353 e. The average molecular weight is 416 g/mol. The molecule has 1 fully saturated rings. The molecule has 0 aliphatic carbocycles. The normalized spacial score (nSPS) is 14.4. The highest BCUT2D eigenvalue weighted by molar-refractivity contribution is 5.92. The van der Waals surface area contributed by atoms with Crippen molar-refractivity contribution < 1.29 is 4.79 Å². The molecule has 1 amide bonds. The number of aromatic nitrogens is 3. The van der Waals surface area contributed by atoms with E-state index in [1.165, 1.54) is 11.1 Å². The van der Waals surface area contributed by atoms with Gasteiger partial charge in [0.05, 0.1) is 12.2 Å². The van der Waals surface area contributed by atoms with Crippen LogP contribution in [0.5, 0.6) is 0 Å². The lowest BCUT2D eigenvalue weighted by Gasteiger charge is -2.34. The van der Waals surface area contributed by atoms with Gasteiger partial charge in [0, 0.05) is 49.7 Å². The molecule has 1 aromatic carbocycles. The largest absolute Gasteiger partial charge is 0.353 e. The van der Waals surface area contributed by atoms with Gasteiger partial charge in [-0.05, 0) is 44.5 Å². The molecule has 1 aliphatic heterocycles. The van der Waals surface area contributed by atoms with E-state index in [1.807, 2.05) is 40.8 Å². The van der Waals surface area contributed by atoms with Gasteiger partial charge in [-0.1, -0.05) is 35.9 Å². The van der Waals surface area contributed by atoms with Gasteiger partial charge in [0.25, 0.3) is 0 Å². The number of rotatable bonds is 5. The summed E-state index contributed by atoms with van der Waals surface area (Å²) in [6.07, 6.45) is 5.40. The van der Waals surface area contributed by atoms with Crippen LogP contribution in [-0.2, 0) is 11.3 Å². The van der Waals surface area contributed by atoms with Crippen LogP contribution in [0, 0.1) is 20.8 Å². The van der Waals surface area contributed by atoms with Crippen LogP contribution < -0.4 is 4.90 Å². The van der Waals surface area contributed by atoms with Gasteiger partial charge in [-0.3, -0.25) is 9.48 Å². The van der Waals surface area contributed by atoms with E-state index in [0.717, 1.165) is 42.4 Å². The van der Waals surface area contributed by atoms with Crippen LogP contribution in [0.1, 0.15) is 28.1 Å². The second-order valence-corrected chi connectivity index (χ2v) is 8.06. The Morgan fingerprint density at radius 1 is 1.00 bits per heavy atom. The molecule has 0 unspecified atom stereocenters. The third-order valence-corrected chi connectivity index (χ3v) is 5.85. The van der Waals surface area contributed by atoms with Gasteiger partial charge in [-0.15, -0.1) is 0 Å². The fourth-order valence-electron chi connectivity index (χ4n) is 3.93. The number of aryl methyl sites for hydroxylation is 2. The Kier molecular flexibility index (Phi) is 6.16. The number of carbonyl (C=O) groups is 1. The maximum absolute atomic E-state index is 12.7. The molecule has 0 bridgehead atoms. The van der Waals surface area contributed by atoms with Crippen molar-refractivity contribution in [2.75, 3.05) is 31.1 Å². The van der Waals surface area contributed by atoms with E-state index in [9.17, 15) is 4.79 Å². The van der Waals surface area contributed by atoms with Crippen LogP contribution >= 0.6 is 0 Å². The first kappa shape index (κ1) is 20.8. The van der Waals surface area contributed by atoms with Crippen LogP contribution in [0.25, 0.3) is 6.08 Å². The molecule has 0 saturated carbocycles. The highest BCUT2D eigenvalue weighted by Crippen LogP contribution is 2.18. The Morgan fingerprint density at radius 2 is 1.74 bits per heavy atom. The summed E-state index contributed by atoms with van der Waals surface area (Å²) in [6.45, 7) is 9.86. The highest BCUT2D eigenvalue weighted by Gasteiger charge is 2.20. The van der Waals surface area contributed by atoms with Crippen molar-refractivity contribution in [1.29, 1.82) is 0 Å². The third kappa shape index (κ3) is 4.85. The molecule has 0 N–H and O–H groups in total. The SMILES string of the molecule is Cc1ccc(Cn2nc(C)c(/C=C/C(=O)N3CCN(c4ccccn4)CC3)c2C)cc1. The summed E-state index contributed by atoms with van der Waals surface area (Å²) >= 11 is 0. The quantitative estimate of drug-likeness (QED) is 0.598. The molecule has 31 heavy (non-hydrogen) atoms. The van der Waals surface area contributed by atoms with E-state index >= 15 is 0 Å². The fourth-order valence-corrected chi connectivity index (χ4v) is 3.93. The maximum atomic E-state index is 12.7. The fraction of sp³-hybridized carbons (Fsp3) is 0.320. The number of benzene rings is 1. The Bertz CT molecular complexity index is 1060. The highest BCUT2D eigenvalue weighted by atomic mass is 16.2. The summed E-state index contributed by atoms with van der Waals surface area (Å²) in [5.74, 6) is 1.02. The summed E-state index contributed by atoms with van der Waals surface area (Å²) in [6, 6.07) is 14.4. The number of hydrogen-bond donors (Lipinski definition) is 0. The number of carbonyl (C=O) groups excluding carboxylic acids is 1. The average Bonchev–Trinajstić information content (AvgIpc) is 3.06. The van der Waals surface area contributed by atoms with Gasteiger partial charge in [0.2, 0.25) is 5.91 Å². The van der Waals surface area contributed by atoms with Crippen molar-refractivity contribution in [3.05, 3.63) is 82.8 Å². The molecule has 3 heterocycles. The molecule has 160 valence electrons. The second-order valence-electron chi connectivity index (χ2n) is 8.06. The number of amides is 1. The number of nitrogens with zero attached hydrogens (tertiary/aromatic N) is 5. The predicted octanol–water partition coefficient (Wildman–Crippen LogP) is 3.61. The van der Waals surface area contributed by atoms with Crippen molar-refractivity contribution in [1.82, 2.24) is 19.7 Å². The molecule has 0 atom stereocenters. The van der Waals surface area contributed by atoms with E-state index in [0.29, 0.717) is 13.1 Å². The van der Waals surface area contributed by atoms with Crippen LogP contribution in [0.3, 0.4) is 0 Å². The molecule has 0 spiro atoms. The molecule has 4 rings (SSSR count). The van der Waals surface area contributed by atoms with Crippen molar-refractivity contribution in [2.45, 2.75) is 27.3 Å². The van der Waals surface area contributed by atoms with E-state index < -0.39 is 0 Å². The minimum absolute atomic E-state index is 0.0470. The maximum Gasteiger partial charge on any atom is 0.246 e. The van der Waals surface area contributed by atoms with Crippen molar-refractivity contribution in [2.24, 2.45) is 0 Å². The summed E-state index contributed by atoms with van der Waals surface area (Å²) in [5.41, 5.74) is 5.50. The number of hydrogen-bond acceptors (Lipinski definition) is 4. The first-order valence-corrected chi connectivity index (χ1v) is 10.7. The van der Waals surface area contributed by atoms with Crippen LogP contribution in [0.4, 0.5) is 5.82 Å². The smallest absolute Gasteiger partial charge is 0.246 e. The van der Waals surface area contributed by atoms with E-state index in [1.54, 1.807) is 12.3 Å². The lowest BCUT2D eigenvalue weighted by Crippen LogP contribution is -2.48. The molecular formula is C25H29N5O. The molecule has 3 aromatic rings. The van der Waals surface area contributed by atoms with Gasteiger partial charge >= 0.3 is 0 Å². The van der Waals surface area contributed by atoms with Gasteiger partial charge in [0.1, 0.15) is 5.82 Å². The standard InChI is InChI=1S/C25H29N5O/c1-19-7-9-22(10-8-19)18-30-21(3)23(20(2)27-30)11-12-25(31)29-16-14-28(15-17-29)24-6-4-5-13-26-24/h4-13H,14-18H2,1-3H3/b12-11+. The monoisotopic (exact) mass is 415 g/mol. The predicted molar refractivity (Wildman–Crippen MR) is 124 cm³/mol. The summed E-state index contributed by atoms with van der Waals surface area (Å²) in [7, 11) is 0. The first-order valence-electron chi connectivity index (χ1n) is 10.7. The minimum atomic E-state index is 0.0470. The Morgan fingerprint density at radius 3 is 2.42 bits per heavy atom. The topological polar surface area (TPSA) is 54.3 Å². The van der Waals surface area contributed by atoms with Gasteiger partial charge in [-0.2, -0.15) is 5.10 Å². The van der Waals surface area contributed by atoms with E-state index in [2.05, 4.69) is 53.1 Å². The van der Waals surface area contributed by atoms with Crippen LogP contribution in [0.2, 0.25) is 0 Å². The van der Waals surface area contributed by atoms with Crippen molar-refractivity contribution >= 4 is 17.8 Å². The summed E-state index contributed by atoms with van der Waals surface area (Å²) < 4.78 is 2.01. The zero-order valence-corrected chi connectivity index (χ0v) is 18.5. The van der Waals surface area contributed by atoms with Gasteiger partial charge in [-0.25, -0.2) is 4.98 Å². The number of piperazine rings is 1. The number of pyridine rings is 1. The molecule has 0 radical (unpaired) electrons. The molecule has 6 nitrogen and oxygen atoms in total. The van der Waals surface area contributed by atoms with Crippen molar-refractivity contribution in [3.8, 4) is 0 Å². The Labute approximate surface area is 183 Å². The lowest BCUT2D eigenvalue weighted by molar-refractivity contribution is -0.126. The van der Waals surface area contributed by atoms with Gasteiger partial charge < -0.3 is 9.80 Å². The molecule has 6 heteroatoms. The van der Waals surface area contributed by atoms with Crippen LogP contribution in [0.15, 0.2) is 54.7 Å². The molecule has 1 aliphatic rings. The zero-order valence-electron chi connectivity index (χ0n) is 18.5. The van der Waals surface area contributed by atoms with E-state index in [-0.39, 0.29) is 5.91 Å². The first-order chi connectivity index (χ1) is 15.0. The van der Waals surface area contributed by atoms with Crippen LogP contribution in [-0.4, -0.2) is 51.8 Å². The van der Waals surface area contributed by atoms with E-state index in [4.69, 9.17) is 0 Å². The zero-order chi connectivity index (χ0) is 21.8. The Balaban J connectivity index is 1.39. The molecule has 1 saturated heterocycles. The van der Waals surface area contributed by atoms with Crippen molar-refractivity contribution in [3.63, 3.8) is 0 Å². The Hall–Kier alpha value is -3.41. The summed E-state index contributed by atoms with van der Waals surface area (Å²) in [5, 5.41) is 4.69.